The molecule has 0 bridgehead atoms. The largest absolute Gasteiger partial charge is 0.372 e. The molecule has 8 heteroatoms. The van der Waals surface area contributed by atoms with Gasteiger partial charge in [0.25, 0.3) is 0 Å². The fraction of sp³-hybridized carbons (Fsp3) is 0.368. The number of rotatable bonds is 5. The van der Waals surface area contributed by atoms with Gasteiger partial charge in [0.2, 0.25) is 10.0 Å². The molecule has 142 valence electrons. The van der Waals surface area contributed by atoms with Crippen molar-refractivity contribution in [2.45, 2.75) is 43.9 Å². The minimum Gasteiger partial charge on any atom is -0.372 e. The van der Waals surface area contributed by atoms with Crippen molar-refractivity contribution in [3.8, 4) is 0 Å². The summed E-state index contributed by atoms with van der Waals surface area (Å²) < 4.78 is 36.6. The van der Waals surface area contributed by atoms with Crippen molar-refractivity contribution < 1.29 is 13.2 Å². The lowest BCUT2D eigenvalue weighted by molar-refractivity contribution is 0.102. The van der Waals surface area contributed by atoms with E-state index in [0.29, 0.717) is 18.5 Å². The number of nitrogens with zero attached hydrogens (tertiary/aromatic N) is 3. The lowest BCUT2D eigenvalue weighted by atomic mass is 10.1. The van der Waals surface area contributed by atoms with Crippen molar-refractivity contribution in [2.24, 2.45) is 0 Å². The van der Waals surface area contributed by atoms with Crippen LogP contribution in [0.5, 0.6) is 0 Å². The van der Waals surface area contributed by atoms with Gasteiger partial charge in [0, 0.05) is 36.5 Å². The van der Waals surface area contributed by atoms with Gasteiger partial charge in [-0.15, -0.1) is 0 Å². The Balaban J connectivity index is 1.65. The fourth-order valence-electron chi connectivity index (χ4n) is 3.46. The number of fused-ring (bicyclic) bond motifs is 1. The van der Waals surface area contributed by atoms with Crippen LogP contribution in [0, 0.1) is 6.92 Å². The summed E-state index contributed by atoms with van der Waals surface area (Å²) in [4.78, 5) is 4.54. The number of hydrogen-bond acceptors (Lipinski definition) is 5. The first-order chi connectivity index (χ1) is 13.0. The Labute approximate surface area is 158 Å². The summed E-state index contributed by atoms with van der Waals surface area (Å²) in [5.41, 5.74) is 2.35. The summed E-state index contributed by atoms with van der Waals surface area (Å²) in [7, 11) is -3.74. The lowest BCUT2D eigenvalue weighted by Crippen LogP contribution is -2.36. The number of nitrogens with one attached hydrogen (secondary N) is 1. The van der Waals surface area contributed by atoms with Crippen LogP contribution in [0.15, 0.2) is 47.8 Å². The van der Waals surface area contributed by atoms with Crippen molar-refractivity contribution in [1.29, 1.82) is 0 Å². The molecule has 1 aliphatic heterocycles. The molecular formula is C19H22N4O3S. The first-order valence-electron chi connectivity index (χ1n) is 8.99. The summed E-state index contributed by atoms with van der Waals surface area (Å²) in [5, 5.41) is 5.07. The molecule has 0 unspecified atom stereocenters. The molecule has 0 aliphatic carbocycles. The normalized spacial score (nSPS) is 20.4. The van der Waals surface area contributed by atoms with Crippen molar-refractivity contribution in [3.05, 3.63) is 54.0 Å². The monoisotopic (exact) mass is 386 g/mol. The quantitative estimate of drug-likeness (QED) is 0.728. The second-order valence-corrected chi connectivity index (χ2v) is 8.46. The Morgan fingerprint density at radius 1 is 1.33 bits per heavy atom. The Morgan fingerprint density at radius 3 is 2.96 bits per heavy atom. The van der Waals surface area contributed by atoms with E-state index in [1.165, 1.54) is 0 Å². The van der Waals surface area contributed by atoms with Gasteiger partial charge in [-0.2, -0.15) is 5.10 Å². The van der Waals surface area contributed by atoms with Crippen LogP contribution in [0.4, 0.5) is 0 Å². The molecule has 1 N–H and O–H groups in total. The zero-order valence-corrected chi connectivity index (χ0v) is 16.1. The summed E-state index contributed by atoms with van der Waals surface area (Å²) in [6, 6.07) is 6.79. The first kappa shape index (κ1) is 18.1. The fourth-order valence-corrected chi connectivity index (χ4v) is 4.91. The molecule has 27 heavy (non-hydrogen) atoms. The number of benzene rings is 1. The van der Waals surface area contributed by atoms with Crippen LogP contribution < -0.4 is 4.72 Å². The van der Waals surface area contributed by atoms with Crippen molar-refractivity contribution in [3.63, 3.8) is 0 Å². The molecule has 1 aromatic carbocycles. The lowest BCUT2D eigenvalue weighted by Gasteiger charge is -2.19. The molecule has 0 saturated carbocycles. The van der Waals surface area contributed by atoms with E-state index in [0.717, 1.165) is 23.1 Å². The maximum Gasteiger partial charge on any atom is 0.243 e. The molecule has 2 aromatic heterocycles. The van der Waals surface area contributed by atoms with Crippen LogP contribution in [0.1, 0.15) is 30.6 Å². The SMILES string of the molecule is CCn1cc([C@H]2OCC[C@@H]2NS(=O)(=O)c2cccc3cc(C)cnc23)cn1. The third-order valence-corrected chi connectivity index (χ3v) is 6.33. The van der Waals surface area contributed by atoms with Gasteiger partial charge >= 0.3 is 0 Å². The van der Waals surface area contributed by atoms with Crippen LogP contribution in [0.25, 0.3) is 10.9 Å². The maximum absolute atomic E-state index is 13.1. The number of hydrogen-bond donors (Lipinski definition) is 1. The molecular weight excluding hydrogens is 364 g/mol. The van der Waals surface area contributed by atoms with E-state index in [2.05, 4.69) is 14.8 Å². The van der Waals surface area contributed by atoms with Crippen LogP contribution in [0.2, 0.25) is 0 Å². The van der Waals surface area contributed by atoms with Gasteiger partial charge in [-0.1, -0.05) is 12.1 Å². The highest BCUT2D eigenvalue weighted by Gasteiger charge is 2.34. The van der Waals surface area contributed by atoms with E-state index < -0.39 is 10.0 Å². The van der Waals surface area contributed by atoms with E-state index in [1.54, 1.807) is 29.2 Å². The average molecular weight is 386 g/mol. The highest BCUT2D eigenvalue weighted by Crippen LogP contribution is 2.31. The highest BCUT2D eigenvalue weighted by molar-refractivity contribution is 7.89. The second-order valence-electron chi connectivity index (χ2n) is 6.78. The summed E-state index contributed by atoms with van der Waals surface area (Å²) in [6.45, 7) is 5.19. The molecule has 1 saturated heterocycles. The standard InChI is InChI=1S/C19H22N4O3S/c1-3-23-12-15(11-21-23)19-16(7-8-26-19)22-27(24,25)17-6-4-5-14-9-13(2)10-20-18(14)17/h4-6,9-12,16,19,22H,3,7-8H2,1-2H3/t16-,19+/m0/s1. The number of para-hydroxylation sites is 1. The van der Waals surface area contributed by atoms with Gasteiger partial charge in [-0.25, -0.2) is 13.1 Å². The number of ether oxygens (including phenoxy) is 1. The molecule has 3 heterocycles. The smallest absolute Gasteiger partial charge is 0.243 e. The van der Waals surface area contributed by atoms with Gasteiger partial charge in [0.1, 0.15) is 11.0 Å². The third-order valence-electron chi connectivity index (χ3n) is 4.80. The molecule has 3 aromatic rings. The van der Waals surface area contributed by atoms with E-state index in [1.807, 2.05) is 32.2 Å². The average Bonchev–Trinajstić information content (AvgIpc) is 3.29. The first-order valence-corrected chi connectivity index (χ1v) is 10.5. The third kappa shape index (κ3) is 3.47. The van der Waals surface area contributed by atoms with E-state index in [9.17, 15) is 8.42 Å². The number of aryl methyl sites for hydroxylation is 2. The summed E-state index contributed by atoms with van der Waals surface area (Å²) in [6.07, 6.45) is 5.59. The maximum atomic E-state index is 13.1. The summed E-state index contributed by atoms with van der Waals surface area (Å²) in [5.74, 6) is 0. The van der Waals surface area contributed by atoms with Gasteiger partial charge in [-0.05, 0) is 38.0 Å². The molecule has 0 spiro atoms. The molecule has 7 nitrogen and oxygen atoms in total. The van der Waals surface area contributed by atoms with Gasteiger partial charge in [0.15, 0.2) is 0 Å². The van der Waals surface area contributed by atoms with Crippen molar-refractivity contribution in [2.75, 3.05) is 6.61 Å². The van der Waals surface area contributed by atoms with Crippen LogP contribution in [0.3, 0.4) is 0 Å². The predicted octanol–water partition coefficient (Wildman–Crippen LogP) is 2.57. The minimum absolute atomic E-state index is 0.190. The van der Waals surface area contributed by atoms with E-state index >= 15 is 0 Å². The molecule has 2 atom stereocenters. The minimum atomic E-state index is -3.74. The Hall–Kier alpha value is -2.29. The van der Waals surface area contributed by atoms with Crippen LogP contribution >= 0.6 is 0 Å². The molecule has 1 aliphatic rings. The zero-order valence-electron chi connectivity index (χ0n) is 15.3. The van der Waals surface area contributed by atoms with Crippen molar-refractivity contribution >= 4 is 20.9 Å². The highest BCUT2D eigenvalue weighted by atomic mass is 32.2. The zero-order chi connectivity index (χ0) is 19.0. The Kier molecular flexibility index (Phi) is 4.71. The van der Waals surface area contributed by atoms with Crippen LogP contribution in [-0.2, 0) is 21.3 Å². The van der Waals surface area contributed by atoms with Gasteiger partial charge < -0.3 is 4.74 Å². The molecule has 0 amide bonds. The Morgan fingerprint density at radius 2 is 2.19 bits per heavy atom. The number of aromatic nitrogens is 3. The topological polar surface area (TPSA) is 86.1 Å². The number of sulfonamides is 1. The molecule has 1 fully saturated rings. The predicted molar refractivity (Wildman–Crippen MR) is 102 cm³/mol. The van der Waals surface area contributed by atoms with Crippen molar-refractivity contribution in [1.82, 2.24) is 19.5 Å². The van der Waals surface area contributed by atoms with E-state index in [-0.39, 0.29) is 17.0 Å². The summed E-state index contributed by atoms with van der Waals surface area (Å²) >= 11 is 0. The molecule has 0 radical (unpaired) electrons. The second kappa shape index (κ2) is 7.03. The van der Waals surface area contributed by atoms with E-state index in [4.69, 9.17) is 4.74 Å². The molecule has 4 rings (SSSR count). The van der Waals surface area contributed by atoms with Gasteiger partial charge in [-0.3, -0.25) is 9.67 Å². The van der Waals surface area contributed by atoms with Crippen LogP contribution in [-0.4, -0.2) is 35.8 Å². The van der Waals surface area contributed by atoms with Gasteiger partial charge in [0.05, 0.1) is 17.8 Å². The number of pyridine rings is 1. The Bertz CT molecular complexity index is 1080.